The molecule has 2 heterocycles. The van der Waals surface area contributed by atoms with Gasteiger partial charge in [0.2, 0.25) is 0 Å². The Morgan fingerprint density at radius 1 is 1.75 bits per heavy atom. The molecule has 1 aliphatic heterocycles. The van der Waals surface area contributed by atoms with E-state index in [2.05, 4.69) is 21.9 Å². The van der Waals surface area contributed by atoms with Gasteiger partial charge in [-0.15, -0.1) is 11.8 Å². The van der Waals surface area contributed by atoms with E-state index in [-0.39, 0.29) is 0 Å². The molecule has 12 heavy (non-hydrogen) atoms. The molecule has 0 aromatic carbocycles. The van der Waals surface area contributed by atoms with Crippen molar-refractivity contribution in [2.24, 2.45) is 0 Å². The zero-order valence-corrected chi connectivity index (χ0v) is 7.53. The number of hydrogen-bond donors (Lipinski definition) is 2. The van der Waals surface area contributed by atoms with Gasteiger partial charge in [-0.05, 0) is 0 Å². The number of rotatable bonds is 2. The minimum atomic E-state index is 0.505. The monoisotopic (exact) mass is 181 g/mol. The van der Waals surface area contributed by atoms with Crippen molar-refractivity contribution < 1.29 is 0 Å². The molecular weight excluding hydrogens is 170 g/mol. The van der Waals surface area contributed by atoms with E-state index >= 15 is 0 Å². The lowest BCUT2D eigenvalue weighted by Gasteiger charge is -2.06. The Kier molecular flexibility index (Phi) is 2.08. The molecule has 3 nitrogen and oxygen atoms in total. The number of nitrogens with zero attached hydrogens (tertiary/aromatic N) is 1. The molecule has 1 saturated heterocycles. The molecule has 0 radical (unpaired) electrons. The van der Waals surface area contributed by atoms with Crippen molar-refractivity contribution in [3.05, 3.63) is 29.8 Å². The summed E-state index contributed by atoms with van der Waals surface area (Å²) in [5.41, 5.74) is 1.11. The molecule has 1 fully saturated rings. The van der Waals surface area contributed by atoms with Crippen LogP contribution in [-0.2, 0) is 6.42 Å². The lowest BCUT2D eigenvalue weighted by atomic mass is 10.2. The molecule has 64 valence electrons. The van der Waals surface area contributed by atoms with Crippen LogP contribution in [-0.4, -0.2) is 21.8 Å². The number of hydrogen-bond acceptors (Lipinski definition) is 3. The average molecular weight is 181 g/mol. The highest BCUT2D eigenvalue weighted by Crippen LogP contribution is 2.21. The van der Waals surface area contributed by atoms with Crippen LogP contribution in [0.3, 0.4) is 0 Å². The molecule has 1 unspecified atom stereocenters. The fourth-order valence-corrected chi connectivity index (χ4v) is 2.13. The second-order valence-electron chi connectivity index (χ2n) is 2.84. The Morgan fingerprint density at radius 3 is 3.25 bits per heavy atom. The van der Waals surface area contributed by atoms with Crippen molar-refractivity contribution in [2.45, 2.75) is 12.5 Å². The molecule has 0 aliphatic carbocycles. The molecule has 2 N–H and O–H groups in total. The molecule has 4 heteroatoms. The second kappa shape index (κ2) is 3.23. The van der Waals surface area contributed by atoms with E-state index in [9.17, 15) is 0 Å². The van der Waals surface area contributed by atoms with Crippen LogP contribution in [0.1, 0.15) is 5.69 Å². The molecule has 1 aliphatic rings. The van der Waals surface area contributed by atoms with Crippen LogP contribution in [0.4, 0.5) is 0 Å². The Morgan fingerprint density at radius 2 is 2.67 bits per heavy atom. The van der Waals surface area contributed by atoms with Gasteiger partial charge >= 0.3 is 0 Å². The van der Waals surface area contributed by atoms with Gasteiger partial charge < -0.3 is 10.3 Å². The highest BCUT2D eigenvalue weighted by Gasteiger charge is 2.17. The first-order chi connectivity index (χ1) is 5.84. The van der Waals surface area contributed by atoms with Gasteiger partial charge in [-0.25, -0.2) is 4.98 Å². The predicted molar refractivity (Wildman–Crippen MR) is 50.8 cm³/mol. The van der Waals surface area contributed by atoms with Gasteiger partial charge in [-0.1, -0.05) is 6.58 Å². The molecule has 1 aromatic heterocycles. The largest absolute Gasteiger partial charge is 0.376 e. The van der Waals surface area contributed by atoms with E-state index in [1.807, 2.05) is 6.20 Å². The number of aromatic amines is 1. The van der Waals surface area contributed by atoms with Crippen LogP contribution in [0, 0.1) is 0 Å². The van der Waals surface area contributed by atoms with E-state index in [4.69, 9.17) is 0 Å². The van der Waals surface area contributed by atoms with Crippen LogP contribution in [0.5, 0.6) is 0 Å². The van der Waals surface area contributed by atoms with Gasteiger partial charge in [-0.2, -0.15) is 0 Å². The van der Waals surface area contributed by atoms with E-state index < -0.39 is 0 Å². The van der Waals surface area contributed by atoms with Crippen LogP contribution >= 0.6 is 11.8 Å². The van der Waals surface area contributed by atoms with Gasteiger partial charge in [0.1, 0.15) is 0 Å². The highest BCUT2D eigenvalue weighted by atomic mass is 32.2. The molecule has 1 atom stereocenters. The van der Waals surface area contributed by atoms with Crippen LogP contribution in [0.15, 0.2) is 24.1 Å². The van der Waals surface area contributed by atoms with Gasteiger partial charge in [0, 0.05) is 24.4 Å². The van der Waals surface area contributed by atoms with Crippen molar-refractivity contribution in [1.29, 1.82) is 0 Å². The van der Waals surface area contributed by atoms with Gasteiger partial charge in [-0.3, -0.25) is 0 Å². The maximum atomic E-state index is 4.17. The van der Waals surface area contributed by atoms with E-state index in [1.165, 1.54) is 0 Å². The maximum absolute atomic E-state index is 4.17. The smallest absolute Gasteiger partial charge is 0.0923 e. The number of nitrogens with one attached hydrogen (secondary N) is 2. The minimum absolute atomic E-state index is 0.505. The molecule has 1 aromatic rings. The molecular formula is C8H11N3S. The zero-order chi connectivity index (χ0) is 8.39. The summed E-state index contributed by atoms with van der Waals surface area (Å²) in [7, 11) is 0. The van der Waals surface area contributed by atoms with E-state index in [0.717, 1.165) is 22.9 Å². The fraction of sp³-hybridized carbons (Fsp3) is 0.375. The first-order valence-electron chi connectivity index (χ1n) is 3.90. The summed E-state index contributed by atoms with van der Waals surface area (Å²) in [5, 5.41) is 4.39. The van der Waals surface area contributed by atoms with E-state index in [0.29, 0.717) is 6.04 Å². The van der Waals surface area contributed by atoms with Crippen LogP contribution in [0.25, 0.3) is 0 Å². The molecule has 0 spiro atoms. The summed E-state index contributed by atoms with van der Waals surface area (Å²) in [6.45, 7) is 3.86. The third-order valence-electron chi connectivity index (χ3n) is 1.83. The summed E-state index contributed by atoms with van der Waals surface area (Å²) in [6, 6.07) is 0.505. The lowest BCUT2D eigenvalue weighted by Crippen LogP contribution is -2.25. The van der Waals surface area contributed by atoms with Crippen LogP contribution < -0.4 is 5.32 Å². The van der Waals surface area contributed by atoms with Crippen molar-refractivity contribution in [3.63, 3.8) is 0 Å². The van der Waals surface area contributed by atoms with Gasteiger partial charge in [0.25, 0.3) is 0 Å². The highest BCUT2D eigenvalue weighted by molar-refractivity contribution is 8.03. The Labute approximate surface area is 75.7 Å². The summed E-state index contributed by atoms with van der Waals surface area (Å²) in [4.78, 5) is 7.12. The van der Waals surface area contributed by atoms with Crippen molar-refractivity contribution in [1.82, 2.24) is 15.3 Å². The third-order valence-corrected chi connectivity index (χ3v) is 2.87. The number of imidazole rings is 1. The van der Waals surface area contributed by atoms with Crippen molar-refractivity contribution in [3.8, 4) is 0 Å². The summed E-state index contributed by atoms with van der Waals surface area (Å²) >= 11 is 1.78. The maximum Gasteiger partial charge on any atom is 0.0923 e. The molecule has 0 saturated carbocycles. The first-order valence-corrected chi connectivity index (χ1v) is 4.89. The van der Waals surface area contributed by atoms with Gasteiger partial charge in [0.05, 0.1) is 17.1 Å². The summed E-state index contributed by atoms with van der Waals surface area (Å²) in [6.07, 6.45) is 4.63. The van der Waals surface area contributed by atoms with E-state index in [1.54, 1.807) is 18.1 Å². The standard InChI is InChI=1S/C8H11N3S/c1-6-11-8(4-12-6)2-7-3-9-5-10-7/h3,5,8,11H,1-2,4H2,(H,9,10). The SMILES string of the molecule is C=C1NC(Cc2c[nH]cn2)CS1. The first kappa shape index (κ1) is 7.73. The average Bonchev–Trinajstić information content (AvgIpc) is 2.63. The fourth-order valence-electron chi connectivity index (χ4n) is 1.28. The second-order valence-corrected chi connectivity index (χ2v) is 3.95. The topological polar surface area (TPSA) is 40.7 Å². The quantitative estimate of drug-likeness (QED) is 0.718. The Balaban J connectivity index is 1.92. The molecule has 0 amide bonds. The summed E-state index contributed by atoms with van der Waals surface area (Å²) < 4.78 is 0. The lowest BCUT2D eigenvalue weighted by molar-refractivity contribution is 0.650. The number of thioether (sulfide) groups is 1. The predicted octanol–water partition coefficient (Wildman–Crippen LogP) is 1.13. The minimum Gasteiger partial charge on any atom is -0.376 e. The van der Waals surface area contributed by atoms with Crippen molar-refractivity contribution >= 4 is 11.8 Å². The van der Waals surface area contributed by atoms with Crippen LogP contribution in [0.2, 0.25) is 0 Å². The number of aromatic nitrogens is 2. The third kappa shape index (κ3) is 1.64. The molecule has 0 bridgehead atoms. The zero-order valence-electron chi connectivity index (χ0n) is 6.71. The number of H-pyrrole nitrogens is 1. The summed E-state index contributed by atoms with van der Waals surface area (Å²) in [5.74, 6) is 1.10. The molecule has 2 rings (SSSR count). The Hall–Kier alpha value is -0.900. The van der Waals surface area contributed by atoms with Crippen molar-refractivity contribution in [2.75, 3.05) is 5.75 Å². The Bertz CT molecular complexity index is 268. The normalized spacial score (nSPS) is 22.7. The van der Waals surface area contributed by atoms with Gasteiger partial charge in [0.15, 0.2) is 0 Å².